The van der Waals surface area contributed by atoms with Gasteiger partial charge in [-0.25, -0.2) is 0 Å². The minimum atomic E-state index is -0.926. The van der Waals surface area contributed by atoms with Gasteiger partial charge in [0.25, 0.3) is 11.8 Å². The van der Waals surface area contributed by atoms with Crippen molar-refractivity contribution in [3.05, 3.63) is 184 Å². The van der Waals surface area contributed by atoms with Gasteiger partial charge in [0.05, 0.1) is 24.3 Å². The van der Waals surface area contributed by atoms with Gasteiger partial charge in [0.15, 0.2) is 11.6 Å². The number of piperidine rings is 2. The Kier molecular flexibility index (Phi) is 26.0. The molecule has 30 heteroatoms. The summed E-state index contributed by atoms with van der Waals surface area (Å²) in [4.78, 5) is 139. The Morgan fingerprint density at radius 3 is 1.37 bits per heavy atom. The highest BCUT2D eigenvalue weighted by Crippen LogP contribution is 2.43. The molecule has 0 saturated carbocycles. The van der Waals surface area contributed by atoms with Gasteiger partial charge in [-0.05, 0) is 133 Å². The molecule has 0 spiro atoms. The molecule has 4 aromatic heterocycles. The van der Waals surface area contributed by atoms with Gasteiger partial charge in [-0.1, -0.05) is 112 Å². The molecule has 10 heterocycles. The van der Waals surface area contributed by atoms with Crippen LogP contribution in [0.15, 0.2) is 94.9 Å². The number of amides is 9. The molecule has 2 saturated heterocycles. The Morgan fingerprint density at radius 2 is 0.955 bits per heavy atom. The number of anilines is 2. The number of aliphatic carboxylic acids is 1. The Balaban J connectivity index is 0.000000180. The van der Waals surface area contributed by atoms with Crippen molar-refractivity contribution < 1.29 is 53.1 Å². The largest absolute Gasteiger partial charge is 0.481 e. The molecule has 6 N–H and O–H groups in total. The third kappa shape index (κ3) is 17.7. The zero-order valence-corrected chi connectivity index (χ0v) is 64.8. The van der Waals surface area contributed by atoms with Crippen molar-refractivity contribution in [2.45, 2.75) is 202 Å². The first-order valence-corrected chi connectivity index (χ1v) is 39.1. The number of rotatable bonds is 23. The van der Waals surface area contributed by atoms with Crippen LogP contribution >= 0.6 is 45.9 Å². The summed E-state index contributed by atoms with van der Waals surface area (Å²) in [6.45, 7) is 15.2. The van der Waals surface area contributed by atoms with Crippen LogP contribution in [0.1, 0.15) is 234 Å². The number of unbranched alkanes of at least 4 members (excludes halogenated alkanes) is 7. The third-order valence-corrected chi connectivity index (χ3v) is 23.2. The predicted molar refractivity (Wildman–Crippen MR) is 422 cm³/mol. The first-order valence-electron chi connectivity index (χ1n) is 36.7. The number of nitrogens with zero attached hydrogens (tertiary/aromatic N) is 10. The average molecular weight is 1570 g/mol. The van der Waals surface area contributed by atoms with Gasteiger partial charge < -0.3 is 30.9 Å². The Bertz CT molecular complexity index is 4980. The number of aliphatic imine (C=N–C) groups is 2. The fraction of sp³-hybridized carbons (Fsp3) is 0.400. The lowest BCUT2D eigenvalue weighted by Crippen LogP contribution is -2.52. The average Bonchev–Trinajstić information content (AvgIpc) is 1.60. The molecule has 4 atom stereocenters. The van der Waals surface area contributed by atoms with Crippen molar-refractivity contribution in [1.82, 2.24) is 55.3 Å². The highest BCUT2D eigenvalue weighted by molar-refractivity contribution is 7.15. The van der Waals surface area contributed by atoms with Crippen LogP contribution in [0.3, 0.4) is 0 Å². The number of fused-ring (bicyclic) bond motifs is 8. The summed E-state index contributed by atoms with van der Waals surface area (Å²) in [7, 11) is 0. The number of nitrogens with one attached hydrogen (secondary N) is 5. The molecule has 0 bridgehead atoms. The maximum absolute atomic E-state index is 13.3. The van der Waals surface area contributed by atoms with Crippen molar-refractivity contribution in [1.29, 1.82) is 0 Å². The number of imide groups is 2. The smallest absolute Gasteiger partial charge is 0.306 e. The molecule has 0 aliphatic carbocycles. The van der Waals surface area contributed by atoms with Crippen LogP contribution in [-0.4, -0.2) is 134 Å². The summed E-state index contributed by atoms with van der Waals surface area (Å²) < 4.78 is 3.97. The molecule has 14 rings (SSSR count). The lowest BCUT2D eigenvalue weighted by molar-refractivity contribution is -0.138. The Morgan fingerprint density at radius 1 is 0.536 bits per heavy atom. The number of benzene rings is 4. The van der Waals surface area contributed by atoms with E-state index < -0.39 is 42.0 Å². The SMILES string of the molecule is C.CCCCCCCC(=O)Nc1cccc2c1CN(C1CCC(=O)NC1=O)C2=O.Cc1sc2c(c1C)C(c1ccc(Cl)cc1)=N[C@@H](CC(=O)NCCCCCCC(=O)Nc1cccc3c1CN(C1CCC(=O)NC1=O)C3=O)c1nnc(C)n1-2.Cc1sc2c(c1C)C(c1ccc(Cl)cc1)=N[C@@H](CC(=O)O)c1nnc(C)n1-2. The number of hydrogen-bond acceptors (Lipinski definition) is 18. The zero-order chi connectivity index (χ0) is 77.5. The maximum Gasteiger partial charge on any atom is 0.306 e. The molecular formula is C80H89Cl2N15O11S2. The van der Waals surface area contributed by atoms with E-state index in [1.807, 2.05) is 71.5 Å². The van der Waals surface area contributed by atoms with E-state index in [0.717, 1.165) is 111 Å². The molecule has 4 aromatic carbocycles. The highest BCUT2D eigenvalue weighted by atomic mass is 35.5. The van der Waals surface area contributed by atoms with E-state index in [-0.39, 0.29) is 94.0 Å². The van der Waals surface area contributed by atoms with E-state index in [1.54, 1.807) is 59.1 Å². The maximum atomic E-state index is 13.3. The standard InChI is InChI=1S/C39H41ClN8O5S.C21H27N3O4.C19H17ClN4O2S.CH4/c1-21-22(2)54-39-34(21)35(24-12-14-25(40)15-13-24)43-29(36-46-45-23(3)48(36)39)19-33(51)41-18-7-5-4-6-11-31(49)42-28-10-8-9-26-27(28)20-47(38(26)53)30-16-17-32(50)44-37(30)52;1-2-3-4-5-6-10-18(25)22-16-9-7-8-14-15(16)13-24(21(14)28)17-11-12-19(26)23-20(17)27;1-9-10(2)27-19-16(9)17(12-4-6-13(20)7-5-12)21-14(8-15(25)26)18-23-22-11(3)24(18)19;/h8-10,12-15,29-30H,4-7,11,16-20H2,1-3H3,(H,41,51)(H,42,49)(H,44,50,52);7-9,17H,2-6,10-13H2,1H3,(H,22,25)(H,23,26,27);4-7,14H,8H2,1-3H3,(H,25,26);1H4/t29-,30?;;14-;/m0.0./s1. The summed E-state index contributed by atoms with van der Waals surface area (Å²) in [5.74, 6) is -0.712. The first kappa shape index (κ1) is 80.6. The van der Waals surface area contributed by atoms with Crippen LogP contribution in [0.2, 0.25) is 10.0 Å². The first-order chi connectivity index (χ1) is 52.4. The zero-order valence-electron chi connectivity index (χ0n) is 61.6. The summed E-state index contributed by atoms with van der Waals surface area (Å²) in [5.41, 5.74) is 11.2. The van der Waals surface area contributed by atoms with Gasteiger partial charge in [-0.3, -0.25) is 77.7 Å². The van der Waals surface area contributed by atoms with E-state index in [0.29, 0.717) is 82.0 Å². The van der Waals surface area contributed by atoms with Gasteiger partial charge in [0.1, 0.15) is 45.8 Å². The van der Waals surface area contributed by atoms with Crippen LogP contribution in [0.25, 0.3) is 10.0 Å². The fourth-order valence-electron chi connectivity index (χ4n) is 14.4. The molecule has 576 valence electrons. The van der Waals surface area contributed by atoms with Crippen molar-refractivity contribution in [3.63, 3.8) is 0 Å². The van der Waals surface area contributed by atoms with E-state index in [1.165, 1.54) is 32.4 Å². The molecule has 110 heavy (non-hydrogen) atoms. The number of carboxylic acids is 1. The van der Waals surface area contributed by atoms with Crippen LogP contribution in [-0.2, 0) is 51.4 Å². The van der Waals surface area contributed by atoms with E-state index in [9.17, 15) is 53.1 Å². The van der Waals surface area contributed by atoms with Gasteiger partial charge in [-0.15, -0.1) is 43.1 Å². The number of thiophene rings is 2. The monoisotopic (exact) mass is 1570 g/mol. The second-order valence-corrected chi connectivity index (χ2v) is 31.1. The van der Waals surface area contributed by atoms with Gasteiger partial charge in [0.2, 0.25) is 41.4 Å². The van der Waals surface area contributed by atoms with Gasteiger partial charge in [0, 0.05) is 121 Å². The lowest BCUT2D eigenvalue weighted by Gasteiger charge is -2.29. The Hall–Kier alpha value is -10.4. The topological polar surface area (TPSA) is 344 Å². The summed E-state index contributed by atoms with van der Waals surface area (Å²) in [6, 6.07) is 22.9. The van der Waals surface area contributed by atoms with Crippen LogP contribution < -0.4 is 26.6 Å². The van der Waals surface area contributed by atoms with Crippen molar-refractivity contribution >= 4 is 128 Å². The summed E-state index contributed by atoms with van der Waals surface area (Å²) >= 11 is 15.6. The van der Waals surface area contributed by atoms with Crippen molar-refractivity contribution in [2.24, 2.45) is 9.98 Å². The number of carboxylic acid groups (broad SMARTS) is 1. The number of halogens is 2. The van der Waals surface area contributed by atoms with E-state index in [2.05, 4.69) is 81.6 Å². The number of aryl methyl sites for hydroxylation is 4. The molecule has 8 aromatic rings. The van der Waals surface area contributed by atoms with E-state index >= 15 is 0 Å². The van der Waals surface area contributed by atoms with Crippen LogP contribution in [0.4, 0.5) is 11.4 Å². The van der Waals surface area contributed by atoms with Crippen molar-refractivity contribution in [2.75, 3.05) is 17.2 Å². The van der Waals surface area contributed by atoms with Crippen molar-refractivity contribution in [3.8, 4) is 10.0 Å². The molecular weight excluding hydrogens is 1480 g/mol. The molecule has 2 fully saturated rings. The normalized spacial score (nSPS) is 17.3. The number of hydrogen-bond donors (Lipinski definition) is 6. The second kappa shape index (κ2) is 35.5. The number of aromatic nitrogens is 6. The molecule has 6 aliphatic heterocycles. The van der Waals surface area contributed by atoms with Crippen LogP contribution in [0, 0.1) is 41.5 Å². The summed E-state index contributed by atoms with van der Waals surface area (Å²) in [6.07, 6.45) is 10.2. The predicted octanol–water partition coefficient (Wildman–Crippen LogP) is 13.3. The third-order valence-electron chi connectivity index (χ3n) is 20.3. The number of carbonyl (C=O) groups is 10. The second-order valence-electron chi connectivity index (χ2n) is 27.8. The minimum Gasteiger partial charge on any atom is -0.481 e. The molecule has 2 unspecified atom stereocenters. The quantitative estimate of drug-likeness (QED) is 0.0256. The highest BCUT2D eigenvalue weighted by Gasteiger charge is 2.43. The fourth-order valence-corrected chi connectivity index (χ4v) is 17.1. The lowest BCUT2D eigenvalue weighted by atomic mass is 9.99. The molecule has 6 aliphatic rings. The Labute approximate surface area is 655 Å². The number of carbonyl (C=O) groups excluding carboxylic acids is 9. The molecule has 0 radical (unpaired) electrons. The molecule has 9 amide bonds. The van der Waals surface area contributed by atoms with E-state index in [4.69, 9.17) is 33.2 Å². The minimum absolute atomic E-state index is 0. The van der Waals surface area contributed by atoms with Gasteiger partial charge in [-0.2, -0.15) is 0 Å². The van der Waals surface area contributed by atoms with Gasteiger partial charge >= 0.3 is 5.97 Å². The van der Waals surface area contributed by atoms with Crippen LogP contribution in [0.5, 0.6) is 0 Å². The summed E-state index contributed by atoms with van der Waals surface area (Å²) in [5, 5.41) is 43.5. The molecule has 26 nitrogen and oxygen atoms in total.